The molecule has 0 radical (unpaired) electrons. The summed E-state index contributed by atoms with van der Waals surface area (Å²) < 4.78 is 16.2. The fourth-order valence-electron chi connectivity index (χ4n) is 2.18. The molecular weight excluding hydrogens is 300 g/mol. The number of esters is 1. The second-order valence-corrected chi connectivity index (χ2v) is 4.84. The molecule has 1 atom stereocenters. The normalized spacial score (nSPS) is 16.7. The zero-order valence-electron chi connectivity index (χ0n) is 12.6. The number of hydrogen-bond acceptors (Lipinski definition) is 6. The standard InChI is InChI=1S/C16H14N2O5/c1-10(19)18-16(14-8-5-9-21-14)23-15(17-18)12-6-3-4-7-13(12)22-11(2)20/h3-9,16H,1-2H3/t16-/m0/s1. The topological polar surface area (TPSA) is 81.3 Å². The summed E-state index contributed by atoms with van der Waals surface area (Å²) in [5, 5.41) is 5.37. The highest BCUT2D eigenvalue weighted by atomic mass is 16.6. The van der Waals surface area contributed by atoms with Crippen LogP contribution in [0.3, 0.4) is 0 Å². The van der Waals surface area contributed by atoms with Crippen LogP contribution in [0.5, 0.6) is 5.75 Å². The Morgan fingerprint density at radius 1 is 1.17 bits per heavy atom. The fourth-order valence-corrected chi connectivity index (χ4v) is 2.18. The second-order valence-electron chi connectivity index (χ2n) is 4.84. The van der Waals surface area contributed by atoms with Crippen molar-refractivity contribution < 1.29 is 23.5 Å². The first-order valence-electron chi connectivity index (χ1n) is 6.92. The van der Waals surface area contributed by atoms with Gasteiger partial charge in [0.2, 0.25) is 11.8 Å². The number of hydrazone groups is 1. The van der Waals surface area contributed by atoms with Gasteiger partial charge in [-0.2, -0.15) is 5.01 Å². The maximum Gasteiger partial charge on any atom is 0.308 e. The first-order valence-corrected chi connectivity index (χ1v) is 6.92. The third-order valence-corrected chi connectivity index (χ3v) is 3.12. The van der Waals surface area contributed by atoms with E-state index in [-0.39, 0.29) is 11.8 Å². The van der Waals surface area contributed by atoms with E-state index in [2.05, 4.69) is 5.10 Å². The molecule has 1 aromatic heterocycles. The molecule has 118 valence electrons. The van der Waals surface area contributed by atoms with Crippen LogP contribution in [0.25, 0.3) is 0 Å². The summed E-state index contributed by atoms with van der Waals surface area (Å²) in [5.41, 5.74) is 0.475. The quantitative estimate of drug-likeness (QED) is 0.642. The fraction of sp³-hybridized carbons (Fsp3) is 0.188. The molecule has 1 aliphatic heterocycles. The number of carbonyl (C=O) groups is 2. The van der Waals surface area contributed by atoms with Crippen molar-refractivity contribution in [2.75, 3.05) is 0 Å². The number of hydrogen-bond donors (Lipinski definition) is 0. The molecule has 23 heavy (non-hydrogen) atoms. The van der Waals surface area contributed by atoms with Gasteiger partial charge in [0.05, 0.1) is 11.8 Å². The summed E-state index contributed by atoms with van der Waals surface area (Å²) in [4.78, 5) is 23.0. The number of carbonyl (C=O) groups excluding carboxylic acids is 2. The molecule has 0 N–H and O–H groups in total. The van der Waals surface area contributed by atoms with Gasteiger partial charge in [-0.25, -0.2) is 0 Å². The van der Waals surface area contributed by atoms with E-state index in [1.54, 1.807) is 36.4 Å². The van der Waals surface area contributed by atoms with Crippen LogP contribution in [-0.2, 0) is 14.3 Å². The van der Waals surface area contributed by atoms with Crippen LogP contribution in [0.1, 0.15) is 31.4 Å². The lowest BCUT2D eigenvalue weighted by atomic mass is 10.2. The summed E-state index contributed by atoms with van der Waals surface area (Å²) in [6.07, 6.45) is 0.699. The summed E-state index contributed by atoms with van der Waals surface area (Å²) in [7, 11) is 0. The van der Waals surface area contributed by atoms with E-state index in [0.29, 0.717) is 17.1 Å². The smallest absolute Gasteiger partial charge is 0.308 e. The molecule has 0 saturated carbocycles. The largest absolute Gasteiger partial charge is 0.463 e. The number of nitrogens with zero attached hydrogens (tertiary/aromatic N) is 2. The van der Waals surface area contributed by atoms with Crippen molar-refractivity contribution in [1.29, 1.82) is 0 Å². The van der Waals surface area contributed by atoms with Gasteiger partial charge >= 0.3 is 5.97 Å². The van der Waals surface area contributed by atoms with Gasteiger partial charge in [-0.05, 0) is 24.3 Å². The predicted molar refractivity (Wildman–Crippen MR) is 79.3 cm³/mol. The van der Waals surface area contributed by atoms with Gasteiger partial charge in [-0.3, -0.25) is 9.59 Å². The van der Waals surface area contributed by atoms with Gasteiger partial charge in [0.25, 0.3) is 6.23 Å². The van der Waals surface area contributed by atoms with Gasteiger partial charge in [-0.15, -0.1) is 5.10 Å². The zero-order chi connectivity index (χ0) is 16.4. The van der Waals surface area contributed by atoms with Crippen LogP contribution >= 0.6 is 0 Å². The van der Waals surface area contributed by atoms with E-state index in [1.165, 1.54) is 25.1 Å². The summed E-state index contributed by atoms with van der Waals surface area (Å²) in [5.74, 6) is 0.179. The Morgan fingerprint density at radius 2 is 1.96 bits per heavy atom. The minimum atomic E-state index is -0.789. The predicted octanol–water partition coefficient (Wildman–Crippen LogP) is 2.44. The Hall–Kier alpha value is -3.09. The second kappa shape index (κ2) is 5.96. The van der Waals surface area contributed by atoms with Crippen molar-refractivity contribution in [1.82, 2.24) is 5.01 Å². The average Bonchev–Trinajstić information content (AvgIpc) is 3.16. The Balaban J connectivity index is 1.96. The number of benzene rings is 1. The van der Waals surface area contributed by atoms with E-state index in [9.17, 15) is 9.59 Å². The summed E-state index contributed by atoms with van der Waals surface area (Å²) in [6, 6.07) is 10.2. The highest BCUT2D eigenvalue weighted by Gasteiger charge is 2.35. The maximum atomic E-state index is 11.8. The van der Waals surface area contributed by atoms with Crippen molar-refractivity contribution in [2.24, 2.45) is 5.10 Å². The maximum absolute atomic E-state index is 11.8. The monoisotopic (exact) mass is 314 g/mol. The van der Waals surface area contributed by atoms with Gasteiger partial charge in [0.1, 0.15) is 5.75 Å². The van der Waals surface area contributed by atoms with Crippen molar-refractivity contribution in [2.45, 2.75) is 20.1 Å². The van der Waals surface area contributed by atoms with Crippen molar-refractivity contribution >= 4 is 17.8 Å². The number of para-hydroxylation sites is 1. The number of amides is 1. The molecule has 0 fully saturated rings. The van der Waals surface area contributed by atoms with Crippen molar-refractivity contribution in [3.63, 3.8) is 0 Å². The average molecular weight is 314 g/mol. The molecule has 1 aromatic carbocycles. The highest BCUT2D eigenvalue weighted by molar-refractivity contribution is 5.99. The number of ether oxygens (including phenoxy) is 2. The minimum Gasteiger partial charge on any atom is -0.463 e. The number of furan rings is 1. The molecule has 1 amide bonds. The molecule has 1 aliphatic rings. The third-order valence-electron chi connectivity index (χ3n) is 3.12. The van der Waals surface area contributed by atoms with Gasteiger partial charge in [-0.1, -0.05) is 12.1 Å². The number of rotatable bonds is 3. The first-order chi connectivity index (χ1) is 11.1. The van der Waals surface area contributed by atoms with E-state index in [4.69, 9.17) is 13.9 Å². The lowest BCUT2D eigenvalue weighted by molar-refractivity contribution is -0.136. The highest BCUT2D eigenvalue weighted by Crippen LogP contribution is 2.32. The van der Waals surface area contributed by atoms with Crippen LogP contribution < -0.4 is 4.74 Å². The molecule has 0 bridgehead atoms. The van der Waals surface area contributed by atoms with Crippen LogP contribution in [-0.4, -0.2) is 22.8 Å². The molecule has 0 spiro atoms. The summed E-state index contributed by atoms with van der Waals surface area (Å²) in [6.45, 7) is 2.69. The van der Waals surface area contributed by atoms with Crippen LogP contribution in [0.4, 0.5) is 0 Å². The molecule has 2 heterocycles. The molecule has 3 rings (SSSR count). The molecule has 0 saturated heterocycles. The van der Waals surface area contributed by atoms with Gasteiger partial charge in [0.15, 0.2) is 5.76 Å². The lowest BCUT2D eigenvalue weighted by Gasteiger charge is -2.16. The van der Waals surface area contributed by atoms with Crippen LogP contribution in [0.2, 0.25) is 0 Å². The Morgan fingerprint density at radius 3 is 2.61 bits per heavy atom. The van der Waals surface area contributed by atoms with Crippen LogP contribution in [0.15, 0.2) is 52.2 Å². The molecule has 0 unspecified atom stereocenters. The SMILES string of the molecule is CC(=O)Oc1ccccc1C1=NN(C(C)=O)[C@H](c2ccco2)O1. The van der Waals surface area contributed by atoms with Crippen molar-refractivity contribution in [3.8, 4) is 5.75 Å². The van der Waals surface area contributed by atoms with Crippen molar-refractivity contribution in [3.05, 3.63) is 54.0 Å². The first kappa shape index (κ1) is 14.8. The molecular formula is C16H14N2O5. The van der Waals surface area contributed by atoms with E-state index < -0.39 is 12.2 Å². The van der Waals surface area contributed by atoms with E-state index >= 15 is 0 Å². The van der Waals surface area contributed by atoms with Crippen LogP contribution in [0, 0.1) is 0 Å². The summed E-state index contributed by atoms with van der Waals surface area (Å²) >= 11 is 0. The lowest BCUT2D eigenvalue weighted by Crippen LogP contribution is -2.24. The molecule has 7 heteroatoms. The Bertz CT molecular complexity index is 767. The molecule has 0 aliphatic carbocycles. The van der Waals surface area contributed by atoms with Gasteiger partial charge in [0, 0.05) is 13.8 Å². The Kier molecular flexibility index (Phi) is 3.84. The molecule has 7 nitrogen and oxygen atoms in total. The van der Waals surface area contributed by atoms with E-state index in [1.807, 2.05) is 0 Å². The van der Waals surface area contributed by atoms with Gasteiger partial charge < -0.3 is 13.9 Å². The molecule has 2 aromatic rings. The third kappa shape index (κ3) is 2.94. The Labute approximate surface area is 132 Å². The minimum absolute atomic E-state index is 0.179. The zero-order valence-corrected chi connectivity index (χ0v) is 12.6. The van der Waals surface area contributed by atoms with E-state index in [0.717, 1.165) is 0 Å².